The first kappa shape index (κ1) is 16.4. The standard InChI is InChI=1S/C15H15Cl2FN4O/c1-2-4-15(23)5-3-6-22(8-15)13-9-7-19-12(16)10(18)11(9)20-14(17)21-13/h2,7,23H,1,3-6,8H2. The molecule has 0 amide bonds. The maximum Gasteiger partial charge on any atom is 0.225 e. The third-order valence-electron chi connectivity index (χ3n) is 3.97. The van der Waals surface area contributed by atoms with Crippen LogP contribution in [0.1, 0.15) is 19.3 Å². The maximum atomic E-state index is 14.2. The third-order valence-corrected chi connectivity index (χ3v) is 4.41. The molecule has 0 aliphatic carbocycles. The number of piperidine rings is 1. The largest absolute Gasteiger partial charge is 0.388 e. The number of aromatic nitrogens is 3. The predicted octanol–water partition coefficient (Wildman–Crippen LogP) is 3.38. The second kappa shape index (κ2) is 6.19. The van der Waals surface area contributed by atoms with Crippen molar-refractivity contribution in [1.82, 2.24) is 15.0 Å². The number of hydrogen-bond donors (Lipinski definition) is 1. The quantitative estimate of drug-likeness (QED) is 0.518. The number of aliphatic hydroxyl groups is 1. The van der Waals surface area contributed by atoms with Crippen molar-refractivity contribution in [2.24, 2.45) is 0 Å². The summed E-state index contributed by atoms with van der Waals surface area (Å²) in [7, 11) is 0. The third kappa shape index (κ3) is 3.11. The van der Waals surface area contributed by atoms with Gasteiger partial charge in [0.05, 0.1) is 11.0 Å². The van der Waals surface area contributed by atoms with Gasteiger partial charge in [-0.25, -0.2) is 14.4 Å². The molecular weight excluding hydrogens is 342 g/mol. The first-order valence-corrected chi connectivity index (χ1v) is 7.94. The van der Waals surface area contributed by atoms with Crippen LogP contribution in [0.4, 0.5) is 10.2 Å². The summed E-state index contributed by atoms with van der Waals surface area (Å²) in [6.45, 7) is 4.71. The summed E-state index contributed by atoms with van der Waals surface area (Å²) in [5.41, 5.74) is -0.861. The Bertz CT molecular complexity index is 773. The Balaban J connectivity index is 2.09. The van der Waals surface area contributed by atoms with E-state index in [1.54, 1.807) is 6.08 Å². The van der Waals surface area contributed by atoms with Crippen molar-refractivity contribution in [3.63, 3.8) is 0 Å². The molecular formula is C15H15Cl2FN4O. The number of β-amino-alcohol motifs (C(OH)–C–C–N with tert-alkyl or cyclic N) is 1. The highest BCUT2D eigenvalue weighted by Gasteiger charge is 2.33. The molecule has 3 heterocycles. The minimum Gasteiger partial charge on any atom is -0.388 e. The van der Waals surface area contributed by atoms with Crippen LogP contribution in [0.15, 0.2) is 18.9 Å². The Labute approximate surface area is 142 Å². The molecule has 0 radical (unpaired) electrons. The molecule has 23 heavy (non-hydrogen) atoms. The highest BCUT2D eigenvalue weighted by atomic mass is 35.5. The van der Waals surface area contributed by atoms with Crippen LogP contribution in [0, 0.1) is 5.82 Å². The van der Waals surface area contributed by atoms with E-state index in [4.69, 9.17) is 23.2 Å². The molecule has 1 aliphatic heterocycles. The van der Waals surface area contributed by atoms with E-state index in [1.165, 1.54) is 6.20 Å². The summed E-state index contributed by atoms with van der Waals surface area (Å²) in [6, 6.07) is 0. The van der Waals surface area contributed by atoms with Gasteiger partial charge in [-0.1, -0.05) is 17.7 Å². The predicted molar refractivity (Wildman–Crippen MR) is 88.5 cm³/mol. The Kier molecular flexibility index (Phi) is 4.40. The molecule has 0 saturated carbocycles. The van der Waals surface area contributed by atoms with Gasteiger partial charge in [-0.15, -0.1) is 6.58 Å². The number of pyridine rings is 1. The van der Waals surface area contributed by atoms with E-state index in [-0.39, 0.29) is 16.0 Å². The molecule has 2 aromatic heterocycles. The SMILES string of the molecule is C=CCC1(O)CCCN(c2nc(Cl)nc3c(F)c(Cl)ncc23)C1. The molecule has 0 bridgehead atoms. The van der Waals surface area contributed by atoms with Crippen molar-refractivity contribution in [3.8, 4) is 0 Å². The second-order valence-electron chi connectivity index (χ2n) is 5.68. The minimum absolute atomic E-state index is 0.0258. The molecule has 1 atom stereocenters. The summed E-state index contributed by atoms with van der Waals surface area (Å²) in [4.78, 5) is 13.8. The molecule has 1 aliphatic rings. The molecule has 1 unspecified atom stereocenters. The van der Waals surface area contributed by atoms with E-state index in [0.717, 1.165) is 6.42 Å². The summed E-state index contributed by atoms with van der Waals surface area (Å²) >= 11 is 11.7. The molecule has 0 spiro atoms. The first-order valence-electron chi connectivity index (χ1n) is 7.19. The average Bonchev–Trinajstić information content (AvgIpc) is 2.50. The van der Waals surface area contributed by atoms with Gasteiger partial charge in [0.25, 0.3) is 0 Å². The topological polar surface area (TPSA) is 62.1 Å². The van der Waals surface area contributed by atoms with Crippen LogP contribution in [0.25, 0.3) is 10.9 Å². The van der Waals surface area contributed by atoms with E-state index in [9.17, 15) is 9.50 Å². The van der Waals surface area contributed by atoms with Gasteiger partial charge in [-0.3, -0.25) is 0 Å². The van der Waals surface area contributed by atoms with Crippen LogP contribution in [-0.2, 0) is 0 Å². The number of fused-ring (bicyclic) bond motifs is 1. The average molecular weight is 357 g/mol. The Morgan fingerprint density at radius 2 is 2.22 bits per heavy atom. The van der Waals surface area contributed by atoms with Crippen molar-refractivity contribution >= 4 is 39.9 Å². The van der Waals surface area contributed by atoms with Gasteiger partial charge in [0.2, 0.25) is 5.28 Å². The van der Waals surface area contributed by atoms with Gasteiger partial charge in [0, 0.05) is 19.3 Å². The van der Waals surface area contributed by atoms with E-state index in [0.29, 0.717) is 37.1 Å². The lowest BCUT2D eigenvalue weighted by Gasteiger charge is -2.39. The first-order chi connectivity index (χ1) is 10.9. The van der Waals surface area contributed by atoms with Crippen LogP contribution in [-0.4, -0.2) is 38.7 Å². The zero-order valence-electron chi connectivity index (χ0n) is 12.3. The number of halogens is 3. The molecule has 1 fully saturated rings. The lowest BCUT2D eigenvalue weighted by molar-refractivity contribution is 0.0288. The van der Waals surface area contributed by atoms with Crippen LogP contribution in [0.5, 0.6) is 0 Å². The molecule has 8 heteroatoms. The van der Waals surface area contributed by atoms with Crippen molar-refractivity contribution in [1.29, 1.82) is 0 Å². The Morgan fingerprint density at radius 1 is 1.43 bits per heavy atom. The number of hydrogen-bond acceptors (Lipinski definition) is 5. The normalized spacial score (nSPS) is 21.7. The monoisotopic (exact) mass is 356 g/mol. The van der Waals surface area contributed by atoms with E-state index >= 15 is 0 Å². The lowest BCUT2D eigenvalue weighted by atomic mass is 9.89. The smallest absolute Gasteiger partial charge is 0.225 e. The highest BCUT2D eigenvalue weighted by molar-refractivity contribution is 6.30. The van der Waals surface area contributed by atoms with Crippen molar-refractivity contribution < 1.29 is 9.50 Å². The summed E-state index contributed by atoms with van der Waals surface area (Å²) in [5.74, 6) is -0.279. The number of anilines is 1. The van der Waals surface area contributed by atoms with Crippen molar-refractivity contribution in [2.45, 2.75) is 24.9 Å². The van der Waals surface area contributed by atoms with Crippen LogP contribution in [0.2, 0.25) is 10.4 Å². The zero-order chi connectivity index (χ0) is 16.6. The van der Waals surface area contributed by atoms with Crippen LogP contribution < -0.4 is 4.90 Å². The van der Waals surface area contributed by atoms with E-state index < -0.39 is 11.4 Å². The number of rotatable bonds is 3. The minimum atomic E-state index is -0.887. The molecule has 5 nitrogen and oxygen atoms in total. The molecule has 3 rings (SSSR count). The maximum absolute atomic E-state index is 14.2. The fourth-order valence-corrected chi connectivity index (χ4v) is 3.27. The summed E-state index contributed by atoms with van der Waals surface area (Å²) in [6.07, 6.45) is 5.03. The lowest BCUT2D eigenvalue weighted by Crippen LogP contribution is -2.48. The highest BCUT2D eigenvalue weighted by Crippen LogP contribution is 2.33. The molecule has 2 aromatic rings. The Morgan fingerprint density at radius 3 is 2.96 bits per heavy atom. The molecule has 1 saturated heterocycles. The van der Waals surface area contributed by atoms with Gasteiger partial charge in [0.15, 0.2) is 11.0 Å². The van der Waals surface area contributed by atoms with Gasteiger partial charge < -0.3 is 10.0 Å². The fraction of sp³-hybridized carbons (Fsp3) is 0.400. The summed E-state index contributed by atoms with van der Waals surface area (Å²) < 4.78 is 14.2. The van der Waals surface area contributed by atoms with Gasteiger partial charge in [-0.2, -0.15) is 4.98 Å². The van der Waals surface area contributed by atoms with E-state index in [2.05, 4.69) is 21.5 Å². The van der Waals surface area contributed by atoms with E-state index in [1.807, 2.05) is 4.90 Å². The van der Waals surface area contributed by atoms with Gasteiger partial charge in [0.1, 0.15) is 11.3 Å². The zero-order valence-corrected chi connectivity index (χ0v) is 13.8. The van der Waals surface area contributed by atoms with Crippen molar-refractivity contribution in [2.75, 3.05) is 18.0 Å². The van der Waals surface area contributed by atoms with Crippen LogP contribution in [0.3, 0.4) is 0 Å². The van der Waals surface area contributed by atoms with Crippen LogP contribution >= 0.6 is 23.2 Å². The van der Waals surface area contributed by atoms with Gasteiger partial charge >= 0.3 is 0 Å². The summed E-state index contributed by atoms with van der Waals surface area (Å²) in [5, 5.41) is 10.7. The fourth-order valence-electron chi connectivity index (χ4n) is 2.96. The molecule has 1 N–H and O–H groups in total. The van der Waals surface area contributed by atoms with Gasteiger partial charge in [-0.05, 0) is 30.9 Å². The second-order valence-corrected chi connectivity index (χ2v) is 6.38. The molecule has 122 valence electrons. The number of nitrogens with zero attached hydrogens (tertiary/aromatic N) is 4. The van der Waals surface area contributed by atoms with Crippen molar-refractivity contribution in [3.05, 3.63) is 35.1 Å². The molecule has 0 aromatic carbocycles. The Hall–Kier alpha value is -1.50.